The van der Waals surface area contributed by atoms with Gasteiger partial charge in [-0.25, -0.2) is 4.39 Å². The number of nitrogens with two attached hydrogens (primary N) is 1. The molecule has 1 atom stereocenters. The lowest BCUT2D eigenvalue weighted by atomic mass is 10.1. The summed E-state index contributed by atoms with van der Waals surface area (Å²) in [6.07, 6.45) is 0.497. The van der Waals surface area contributed by atoms with Crippen LogP contribution in [0.4, 0.5) is 9.39 Å². The van der Waals surface area contributed by atoms with Crippen LogP contribution in [0, 0.1) is 11.8 Å². The molecule has 120 valence electrons. The maximum Gasteiger partial charge on any atom is 0.127 e. The number of anilines is 1. The van der Waals surface area contributed by atoms with Crippen LogP contribution >= 0.6 is 34.2 Å². The van der Waals surface area contributed by atoms with Crippen LogP contribution in [0.25, 0.3) is 10.2 Å². The van der Waals surface area contributed by atoms with Gasteiger partial charge in [0.05, 0.1) is 16.8 Å². The molecule has 3 aromatic rings. The van der Waals surface area contributed by atoms with E-state index in [1.165, 1.54) is 16.4 Å². The summed E-state index contributed by atoms with van der Waals surface area (Å²) in [6.45, 7) is 2.05. The maximum atomic E-state index is 12.7. The fraction of sp³-hybridized carbons (Fsp3) is 0.312. The molecular weight excluding hydrogens is 349 g/mol. The van der Waals surface area contributed by atoms with Gasteiger partial charge in [-0.15, -0.1) is 28.6 Å². The van der Waals surface area contributed by atoms with E-state index >= 15 is 0 Å². The fourth-order valence-corrected chi connectivity index (χ4v) is 5.05. The van der Waals surface area contributed by atoms with E-state index in [1.807, 2.05) is 6.07 Å². The van der Waals surface area contributed by atoms with E-state index in [2.05, 4.69) is 33.0 Å². The summed E-state index contributed by atoms with van der Waals surface area (Å²) in [5, 5.41) is 6.55. The summed E-state index contributed by atoms with van der Waals surface area (Å²) < 4.78 is 18.4. The first-order chi connectivity index (χ1) is 11.2. The lowest BCUT2D eigenvalue weighted by Crippen LogP contribution is -2.24. The number of nitrogens with one attached hydrogen (secondary N) is 1. The quantitative estimate of drug-likeness (QED) is 0.642. The Hall–Kier alpha value is -1.46. The Morgan fingerprint density at radius 1 is 1.48 bits per heavy atom. The molecule has 0 spiro atoms. The van der Waals surface area contributed by atoms with Crippen LogP contribution in [0.15, 0.2) is 17.5 Å². The van der Waals surface area contributed by atoms with Gasteiger partial charge in [-0.1, -0.05) is 12.0 Å². The first kappa shape index (κ1) is 16.4. The molecule has 0 fully saturated rings. The van der Waals surface area contributed by atoms with E-state index in [9.17, 15) is 4.39 Å². The van der Waals surface area contributed by atoms with E-state index in [0.717, 1.165) is 32.2 Å². The Morgan fingerprint density at radius 3 is 3.04 bits per heavy atom. The molecule has 3 aromatic heterocycles. The zero-order valence-corrected chi connectivity index (χ0v) is 15.0. The van der Waals surface area contributed by atoms with Crippen LogP contribution in [0.1, 0.15) is 22.2 Å². The van der Waals surface area contributed by atoms with Gasteiger partial charge >= 0.3 is 0 Å². The van der Waals surface area contributed by atoms with E-state index in [0.29, 0.717) is 6.42 Å². The van der Waals surface area contributed by atoms with Crippen molar-refractivity contribution in [2.24, 2.45) is 5.73 Å². The minimum absolute atomic E-state index is 0.485. The van der Waals surface area contributed by atoms with Crippen LogP contribution in [0.3, 0.4) is 0 Å². The van der Waals surface area contributed by atoms with Crippen molar-refractivity contribution in [1.82, 2.24) is 4.37 Å². The molecule has 0 saturated heterocycles. The molecule has 0 aliphatic heterocycles. The molecular formula is C16H16FN3S3. The van der Waals surface area contributed by atoms with Gasteiger partial charge in [0.2, 0.25) is 0 Å². The van der Waals surface area contributed by atoms with Gasteiger partial charge in [0.25, 0.3) is 0 Å². The summed E-state index contributed by atoms with van der Waals surface area (Å²) in [5.74, 6) is 6.04. The lowest BCUT2D eigenvalue weighted by molar-refractivity contribution is 0.428. The predicted molar refractivity (Wildman–Crippen MR) is 99.3 cm³/mol. The second-order valence-electron chi connectivity index (χ2n) is 5.02. The van der Waals surface area contributed by atoms with Crippen molar-refractivity contribution in [2.45, 2.75) is 25.9 Å². The highest BCUT2D eigenvalue weighted by molar-refractivity contribution is 7.24. The third kappa shape index (κ3) is 3.56. The zero-order valence-electron chi connectivity index (χ0n) is 12.6. The van der Waals surface area contributed by atoms with Crippen LogP contribution in [0.2, 0.25) is 0 Å². The van der Waals surface area contributed by atoms with Crippen molar-refractivity contribution in [3.8, 4) is 11.8 Å². The number of nitrogens with zero attached hydrogens (tertiary/aromatic N) is 1. The van der Waals surface area contributed by atoms with E-state index in [4.69, 9.17) is 5.73 Å². The Balaban J connectivity index is 1.91. The minimum Gasteiger partial charge on any atom is -0.370 e. The average Bonchev–Trinajstić information content (AvgIpc) is 3.25. The summed E-state index contributed by atoms with van der Waals surface area (Å²) >= 11 is 4.79. The number of rotatable bonds is 6. The summed E-state index contributed by atoms with van der Waals surface area (Å²) in [4.78, 5) is 2.30. The molecule has 0 bridgehead atoms. The second-order valence-corrected chi connectivity index (χ2v) is 7.93. The Kier molecular flexibility index (Phi) is 5.28. The highest BCUT2D eigenvalue weighted by Gasteiger charge is 2.19. The predicted octanol–water partition coefficient (Wildman–Crippen LogP) is 4.24. The molecule has 0 aliphatic rings. The number of thiophene rings is 2. The molecule has 0 radical (unpaired) electrons. The van der Waals surface area contributed by atoms with Crippen molar-refractivity contribution in [2.75, 3.05) is 12.0 Å². The smallest absolute Gasteiger partial charge is 0.127 e. The minimum atomic E-state index is -0.527. The van der Waals surface area contributed by atoms with Crippen molar-refractivity contribution < 1.29 is 4.39 Å². The number of fused-ring (bicyclic) bond motifs is 1. The number of aromatic nitrogens is 1. The Morgan fingerprint density at radius 2 is 2.35 bits per heavy atom. The summed E-state index contributed by atoms with van der Waals surface area (Å²) in [5.41, 5.74) is 7.58. The molecule has 23 heavy (non-hydrogen) atoms. The summed E-state index contributed by atoms with van der Waals surface area (Å²) in [7, 11) is 0. The molecule has 7 heteroatoms. The van der Waals surface area contributed by atoms with Gasteiger partial charge in [0.15, 0.2) is 0 Å². The van der Waals surface area contributed by atoms with Gasteiger partial charge < -0.3 is 11.1 Å². The third-order valence-electron chi connectivity index (χ3n) is 3.29. The van der Waals surface area contributed by atoms with Crippen molar-refractivity contribution in [1.29, 1.82) is 0 Å². The molecule has 0 aromatic carbocycles. The fourth-order valence-electron chi connectivity index (χ4n) is 2.23. The van der Waals surface area contributed by atoms with Crippen LogP contribution in [0.5, 0.6) is 0 Å². The van der Waals surface area contributed by atoms with Gasteiger partial charge in [-0.2, -0.15) is 4.37 Å². The first-order valence-electron chi connectivity index (χ1n) is 7.14. The monoisotopic (exact) mass is 365 g/mol. The molecule has 0 saturated carbocycles. The van der Waals surface area contributed by atoms with Crippen LogP contribution < -0.4 is 11.1 Å². The first-order valence-corrected chi connectivity index (χ1v) is 9.61. The van der Waals surface area contributed by atoms with E-state index in [1.54, 1.807) is 29.6 Å². The topological polar surface area (TPSA) is 50.9 Å². The number of hydrogen-bond donors (Lipinski definition) is 2. The van der Waals surface area contributed by atoms with Crippen molar-refractivity contribution in [3.05, 3.63) is 32.8 Å². The lowest BCUT2D eigenvalue weighted by Gasteiger charge is -2.05. The number of alkyl halides is 1. The highest BCUT2D eigenvalue weighted by atomic mass is 32.1. The highest BCUT2D eigenvalue weighted by Crippen LogP contribution is 2.39. The summed E-state index contributed by atoms with van der Waals surface area (Å²) in [6, 6.07) is 3.66. The van der Waals surface area contributed by atoms with Gasteiger partial charge in [0.1, 0.15) is 17.2 Å². The normalized spacial score (nSPS) is 12.1. The SMILES string of the molecule is CC#Cc1c(C[C@@H](N)CF)sc2c(NCc3cccs3)snc12. The van der Waals surface area contributed by atoms with E-state index in [-0.39, 0.29) is 0 Å². The largest absolute Gasteiger partial charge is 0.370 e. The molecule has 3 N–H and O–H groups in total. The zero-order chi connectivity index (χ0) is 16.2. The molecule has 0 amide bonds. The van der Waals surface area contributed by atoms with Crippen LogP contribution in [-0.2, 0) is 13.0 Å². The molecule has 3 nitrogen and oxygen atoms in total. The van der Waals surface area contributed by atoms with Gasteiger partial charge in [-0.05, 0) is 29.9 Å². The second kappa shape index (κ2) is 7.41. The third-order valence-corrected chi connectivity index (χ3v) is 6.32. The van der Waals surface area contributed by atoms with Gasteiger partial charge in [-0.3, -0.25) is 0 Å². The van der Waals surface area contributed by atoms with E-state index < -0.39 is 12.7 Å². The standard InChI is InChI=1S/C16H16FN3S3/c1-2-4-12-13(7-10(18)8-17)22-15-14(12)20-23-16(15)19-9-11-5-3-6-21-11/h3,5-6,10,19H,7-9,18H2,1H3/t10-/m1/s1. The molecule has 0 aliphatic carbocycles. The van der Waals surface area contributed by atoms with Crippen molar-refractivity contribution in [3.63, 3.8) is 0 Å². The molecule has 3 heterocycles. The van der Waals surface area contributed by atoms with Crippen molar-refractivity contribution >= 4 is 49.4 Å². The number of halogens is 1. The molecule has 0 unspecified atom stereocenters. The Bertz CT molecular complexity index is 839. The maximum absolute atomic E-state index is 12.7. The van der Waals surface area contributed by atoms with Crippen LogP contribution in [-0.4, -0.2) is 17.1 Å². The number of hydrogen-bond acceptors (Lipinski definition) is 6. The molecule has 3 rings (SSSR count). The Labute approximate surface area is 146 Å². The average molecular weight is 366 g/mol. The van der Waals surface area contributed by atoms with Gasteiger partial charge in [0, 0.05) is 22.2 Å².